The Bertz CT molecular complexity index is 596. The summed E-state index contributed by atoms with van der Waals surface area (Å²) in [5.74, 6) is 0.0267. The van der Waals surface area contributed by atoms with Gasteiger partial charge < -0.3 is 10.2 Å². The molecule has 0 aliphatic carbocycles. The average Bonchev–Trinajstić information content (AvgIpc) is 2.52. The molecule has 1 amide bonds. The van der Waals surface area contributed by atoms with E-state index >= 15 is 0 Å². The first kappa shape index (κ1) is 15.0. The lowest BCUT2D eigenvalue weighted by atomic mass is 10.1. The van der Waals surface area contributed by atoms with Crippen molar-refractivity contribution in [2.45, 2.75) is 26.4 Å². The Hall–Kier alpha value is -2.36. The summed E-state index contributed by atoms with van der Waals surface area (Å²) in [6.07, 6.45) is 3.54. The van der Waals surface area contributed by atoms with E-state index in [1.165, 1.54) is 0 Å². The van der Waals surface area contributed by atoms with Gasteiger partial charge in [0, 0.05) is 37.7 Å². The largest absolute Gasteiger partial charge is 0.387 e. The van der Waals surface area contributed by atoms with Gasteiger partial charge in [-0.15, -0.1) is 0 Å². The van der Waals surface area contributed by atoms with Crippen LogP contribution in [0.2, 0.25) is 0 Å². The van der Waals surface area contributed by atoms with E-state index in [0.29, 0.717) is 12.1 Å². The van der Waals surface area contributed by atoms with Crippen molar-refractivity contribution in [3.63, 3.8) is 0 Å². The van der Waals surface area contributed by atoms with E-state index in [9.17, 15) is 4.79 Å². The number of pyridine rings is 1. The van der Waals surface area contributed by atoms with Crippen LogP contribution in [0.4, 0.5) is 5.69 Å². The van der Waals surface area contributed by atoms with Crippen LogP contribution >= 0.6 is 0 Å². The second-order valence-electron chi connectivity index (χ2n) is 5.18. The lowest BCUT2D eigenvalue weighted by molar-refractivity contribution is 0.0691. The topological polar surface area (TPSA) is 45.2 Å². The normalized spacial score (nSPS) is 10.5. The number of benzene rings is 1. The van der Waals surface area contributed by atoms with E-state index < -0.39 is 0 Å². The molecule has 2 rings (SSSR count). The number of carbonyl (C=O) groups excluding carboxylic acids is 1. The van der Waals surface area contributed by atoms with Crippen molar-refractivity contribution in [1.82, 2.24) is 9.88 Å². The molecule has 1 N–H and O–H groups in total. The van der Waals surface area contributed by atoms with Gasteiger partial charge in [0.05, 0.1) is 5.56 Å². The second-order valence-corrected chi connectivity index (χ2v) is 5.18. The van der Waals surface area contributed by atoms with Crippen molar-refractivity contribution in [2.24, 2.45) is 0 Å². The Morgan fingerprint density at radius 3 is 2.62 bits per heavy atom. The Balaban J connectivity index is 2.28. The minimum absolute atomic E-state index is 0.0267. The maximum Gasteiger partial charge on any atom is 0.256 e. The Morgan fingerprint density at radius 2 is 2.00 bits per heavy atom. The van der Waals surface area contributed by atoms with E-state index in [1.807, 2.05) is 62.2 Å². The molecule has 2 aromatic rings. The third-order valence-corrected chi connectivity index (χ3v) is 3.39. The minimum atomic E-state index is 0.0267. The van der Waals surface area contributed by atoms with Gasteiger partial charge in [0.15, 0.2) is 0 Å². The Morgan fingerprint density at radius 1 is 1.24 bits per heavy atom. The average molecular weight is 283 g/mol. The zero-order chi connectivity index (χ0) is 15.2. The van der Waals surface area contributed by atoms with Crippen LogP contribution in [-0.4, -0.2) is 28.9 Å². The van der Waals surface area contributed by atoms with Gasteiger partial charge in [-0.2, -0.15) is 0 Å². The maximum atomic E-state index is 12.8. The molecule has 110 valence electrons. The number of amides is 1. The van der Waals surface area contributed by atoms with Crippen LogP contribution in [0.3, 0.4) is 0 Å². The molecule has 0 saturated carbocycles. The van der Waals surface area contributed by atoms with Crippen LogP contribution < -0.4 is 5.32 Å². The molecule has 0 aliphatic heterocycles. The lowest BCUT2D eigenvalue weighted by Crippen LogP contribution is -2.36. The first-order valence-corrected chi connectivity index (χ1v) is 7.10. The molecule has 0 bridgehead atoms. The second kappa shape index (κ2) is 6.88. The molecular weight excluding hydrogens is 262 g/mol. The number of para-hydroxylation sites is 1. The summed E-state index contributed by atoms with van der Waals surface area (Å²) in [4.78, 5) is 18.8. The highest BCUT2D eigenvalue weighted by Gasteiger charge is 2.21. The highest BCUT2D eigenvalue weighted by atomic mass is 16.2. The lowest BCUT2D eigenvalue weighted by Gasteiger charge is -2.27. The molecule has 0 aliphatic rings. The summed E-state index contributed by atoms with van der Waals surface area (Å²) >= 11 is 0. The van der Waals surface area contributed by atoms with Gasteiger partial charge in [-0.1, -0.05) is 18.2 Å². The van der Waals surface area contributed by atoms with Crippen LogP contribution in [-0.2, 0) is 6.54 Å². The van der Waals surface area contributed by atoms with Gasteiger partial charge in [-0.05, 0) is 37.6 Å². The molecule has 0 unspecified atom stereocenters. The fraction of sp³-hybridized carbons (Fsp3) is 0.294. The van der Waals surface area contributed by atoms with Crippen molar-refractivity contribution in [3.05, 3.63) is 59.9 Å². The summed E-state index contributed by atoms with van der Waals surface area (Å²) < 4.78 is 0. The molecule has 1 aromatic carbocycles. The highest BCUT2D eigenvalue weighted by Crippen LogP contribution is 2.19. The molecule has 1 heterocycles. The molecule has 0 atom stereocenters. The quantitative estimate of drug-likeness (QED) is 0.916. The van der Waals surface area contributed by atoms with Crippen molar-refractivity contribution >= 4 is 11.6 Å². The standard InChI is InChI=1S/C17H21N3O/c1-13(2)20(12-14-7-6-10-19-11-14)17(21)15-8-4-5-9-16(15)18-3/h4-11,13,18H,12H2,1-3H3. The SMILES string of the molecule is CNc1ccccc1C(=O)N(Cc1cccnc1)C(C)C. The Labute approximate surface area is 125 Å². The van der Waals surface area contributed by atoms with Crippen molar-refractivity contribution in [1.29, 1.82) is 0 Å². The number of anilines is 1. The monoisotopic (exact) mass is 283 g/mol. The molecule has 1 aromatic heterocycles. The molecule has 4 nitrogen and oxygen atoms in total. The van der Waals surface area contributed by atoms with Crippen LogP contribution in [0, 0.1) is 0 Å². The number of hydrogen-bond donors (Lipinski definition) is 1. The number of nitrogens with one attached hydrogen (secondary N) is 1. The van der Waals surface area contributed by atoms with Gasteiger partial charge in [0.1, 0.15) is 0 Å². The van der Waals surface area contributed by atoms with E-state index in [0.717, 1.165) is 11.3 Å². The van der Waals surface area contributed by atoms with Crippen LogP contribution in [0.15, 0.2) is 48.8 Å². The predicted molar refractivity (Wildman–Crippen MR) is 85.2 cm³/mol. The first-order chi connectivity index (χ1) is 10.1. The number of carbonyl (C=O) groups is 1. The third kappa shape index (κ3) is 3.60. The number of nitrogens with zero attached hydrogens (tertiary/aromatic N) is 2. The molecule has 0 spiro atoms. The van der Waals surface area contributed by atoms with Crippen LogP contribution in [0.1, 0.15) is 29.8 Å². The molecule has 0 saturated heterocycles. The Kier molecular flexibility index (Phi) is 4.93. The predicted octanol–water partition coefficient (Wildman–Crippen LogP) is 3.17. The fourth-order valence-electron chi connectivity index (χ4n) is 2.22. The van der Waals surface area contributed by atoms with E-state index in [1.54, 1.807) is 12.4 Å². The van der Waals surface area contributed by atoms with Gasteiger partial charge in [0.2, 0.25) is 0 Å². The fourth-order valence-corrected chi connectivity index (χ4v) is 2.22. The first-order valence-electron chi connectivity index (χ1n) is 7.10. The van der Waals surface area contributed by atoms with Crippen LogP contribution in [0.25, 0.3) is 0 Å². The third-order valence-electron chi connectivity index (χ3n) is 3.39. The summed E-state index contributed by atoms with van der Waals surface area (Å²) in [6, 6.07) is 11.6. The summed E-state index contributed by atoms with van der Waals surface area (Å²) in [6.45, 7) is 4.61. The van der Waals surface area contributed by atoms with E-state index in [-0.39, 0.29) is 11.9 Å². The molecule has 4 heteroatoms. The minimum Gasteiger partial charge on any atom is -0.387 e. The smallest absolute Gasteiger partial charge is 0.256 e. The summed E-state index contributed by atoms with van der Waals surface area (Å²) in [7, 11) is 1.83. The van der Waals surface area contributed by atoms with Crippen molar-refractivity contribution < 1.29 is 4.79 Å². The van der Waals surface area contributed by atoms with Gasteiger partial charge in [-0.3, -0.25) is 9.78 Å². The highest BCUT2D eigenvalue weighted by molar-refractivity contribution is 5.99. The number of hydrogen-bond acceptors (Lipinski definition) is 3. The zero-order valence-corrected chi connectivity index (χ0v) is 12.7. The van der Waals surface area contributed by atoms with Crippen LogP contribution in [0.5, 0.6) is 0 Å². The molecule has 21 heavy (non-hydrogen) atoms. The van der Waals surface area contributed by atoms with E-state index in [4.69, 9.17) is 0 Å². The molecule has 0 radical (unpaired) electrons. The molecule has 0 fully saturated rings. The van der Waals surface area contributed by atoms with Gasteiger partial charge >= 0.3 is 0 Å². The van der Waals surface area contributed by atoms with Crippen molar-refractivity contribution in [3.8, 4) is 0 Å². The number of rotatable bonds is 5. The maximum absolute atomic E-state index is 12.8. The summed E-state index contributed by atoms with van der Waals surface area (Å²) in [5.41, 5.74) is 2.57. The van der Waals surface area contributed by atoms with Crippen molar-refractivity contribution in [2.75, 3.05) is 12.4 Å². The zero-order valence-electron chi connectivity index (χ0n) is 12.7. The summed E-state index contributed by atoms with van der Waals surface area (Å²) in [5, 5.41) is 3.07. The molecular formula is C17H21N3O. The number of aromatic nitrogens is 1. The van der Waals surface area contributed by atoms with Gasteiger partial charge in [0.25, 0.3) is 5.91 Å². The van der Waals surface area contributed by atoms with E-state index in [2.05, 4.69) is 10.3 Å². The van der Waals surface area contributed by atoms with Gasteiger partial charge in [-0.25, -0.2) is 0 Å².